The van der Waals surface area contributed by atoms with Crippen LogP contribution in [0, 0.1) is 11.6 Å². The van der Waals surface area contributed by atoms with E-state index in [0.717, 1.165) is 12.1 Å². The highest BCUT2D eigenvalue weighted by Crippen LogP contribution is 2.23. The quantitative estimate of drug-likeness (QED) is 0.741. The predicted octanol–water partition coefficient (Wildman–Crippen LogP) is 4.74. The van der Waals surface area contributed by atoms with Crippen LogP contribution < -0.4 is 10.6 Å². The van der Waals surface area contributed by atoms with Crippen molar-refractivity contribution in [3.63, 3.8) is 0 Å². The lowest BCUT2D eigenvalue weighted by atomic mass is 9.90. The van der Waals surface area contributed by atoms with Gasteiger partial charge in [-0.15, -0.1) is 0 Å². The highest BCUT2D eigenvalue weighted by molar-refractivity contribution is 6.34. The molecule has 1 aliphatic carbocycles. The van der Waals surface area contributed by atoms with Crippen molar-refractivity contribution in [2.75, 3.05) is 0 Å². The molecule has 8 heteroatoms. The average Bonchev–Trinajstić information content (AvgIpc) is 2.67. The summed E-state index contributed by atoms with van der Waals surface area (Å²) < 4.78 is 26.7. The lowest BCUT2D eigenvalue weighted by molar-refractivity contribution is 0.0891. The van der Waals surface area contributed by atoms with Gasteiger partial charge < -0.3 is 10.6 Å². The molecule has 3 rings (SSSR count). The number of hydrogen-bond donors (Lipinski definition) is 2. The predicted molar refractivity (Wildman–Crippen MR) is 104 cm³/mol. The van der Waals surface area contributed by atoms with Gasteiger partial charge in [-0.2, -0.15) is 0 Å². The van der Waals surface area contributed by atoms with Gasteiger partial charge in [0.25, 0.3) is 11.8 Å². The molecule has 0 radical (unpaired) electrons. The van der Waals surface area contributed by atoms with Crippen molar-refractivity contribution in [2.45, 2.75) is 37.8 Å². The van der Waals surface area contributed by atoms with Gasteiger partial charge in [-0.1, -0.05) is 23.2 Å². The Morgan fingerprint density at radius 2 is 1.11 bits per heavy atom. The molecule has 2 aromatic rings. The topological polar surface area (TPSA) is 58.2 Å². The molecule has 2 N–H and O–H groups in total. The molecule has 1 aliphatic rings. The maximum Gasteiger partial charge on any atom is 0.253 e. The summed E-state index contributed by atoms with van der Waals surface area (Å²) in [6.07, 6.45) is 2.56. The Hall–Kier alpha value is -2.18. The molecule has 2 aromatic carbocycles. The van der Waals surface area contributed by atoms with Crippen molar-refractivity contribution in [1.82, 2.24) is 10.6 Å². The van der Waals surface area contributed by atoms with Gasteiger partial charge in [-0.05, 0) is 62.1 Å². The SMILES string of the molecule is O=C(NC1CCC(NC(=O)c2cc(F)ccc2Cl)CC1)c1cc(F)ccc1Cl. The molecule has 28 heavy (non-hydrogen) atoms. The van der Waals surface area contributed by atoms with Crippen LogP contribution in [-0.2, 0) is 0 Å². The fourth-order valence-electron chi connectivity index (χ4n) is 3.25. The number of carbonyl (C=O) groups is 2. The number of carbonyl (C=O) groups excluding carboxylic acids is 2. The second-order valence-corrected chi connectivity index (χ2v) is 7.56. The zero-order valence-electron chi connectivity index (χ0n) is 14.8. The van der Waals surface area contributed by atoms with E-state index in [9.17, 15) is 18.4 Å². The van der Waals surface area contributed by atoms with Crippen LogP contribution in [0.5, 0.6) is 0 Å². The highest BCUT2D eigenvalue weighted by atomic mass is 35.5. The largest absolute Gasteiger partial charge is 0.349 e. The minimum Gasteiger partial charge on any atom is -0.349 e. The number of rotatable bonds is 4. The molecule has 0 unspecified atom stereocenters. The van der Waals surface area contributed by atoms with E-state index in [4.69, 9.17) is 23.2 Å². The zero-order valence-corrected chi connectivity index (χ0v) is 16.3. The molecule has 4 nitrogen and oxygen atoms in total. The summed E-state index contributed by atoms with van der Waals surface area (Å²) in [5, 5.41) is 6.08. The van der Waals surface area contributed by atoms with E-state index in [1.807, 2.05) is 0 Å². The fourth-order valence-corrected chi connectivity index (χ4v) is 3.66. The third kappa shape index (κ3) is 5.00. The Morgan fingerprint density at radius 1 is 0.750 bits per heavy atom. The third-order valence-electron chi connectivity index (χ3n) is 4.74. The van der Waals surface area contributed by atoms with E-state index in [1.165, 1.54) is 24.3 Å². The van der Waals surface area contributed by atoms with E-state index < -0.39 is 23.4 Å². The van der Waals surface area contributed by atoms with Crippen LogP contribution in [0.4, 0.5) is 8.78 Å². The number of halogens is 4. The molecule has 0 aromatic heterocycles. The maximum atomic E-state index is 13.3. The first-order chi connectivity index (χ1) is 13.3. The molecule has 0 bridgehead atoms. The molecule has 0 spiro atoms. The Balaban J connectivity index is 1.53. The Morgan fingerprint density at radius 3 is 1.46 bits per heavy atom. The van der Waals surface area contributed by atoms with Gasteiger partial charge in [-0.25, -0.2) is 8.78 Å². The molecule has 2 amide bonds. The van der Waals surface area contributed by atoms with Crippen LogP contribution in [0.2, 0.25) is 10.0 Å². The summed E-state index contributed by atoms with van der Waals surface area (Å²) in [5.41, 5.74) is 0.190. The summed E-state index contributed by atoms with van der Waals surface area (Å²) in [5.74, 6) is -1.92. The van der Waals surface area contributed by atoms with E-state index in [0.29, 0.717) is 25.7 Å². The van der Waals surface area contributed by atoms with Crippen LogP contribution in [0.3, 0.4) is 0 Å². The van der Waals surface area contributed by atoms with Crippen LogP contribution in [-0.4, -0.2) is 23.9 Å². The third-order valence-corrected chi connectivity index (χ3v) is 5.40. The summed E-state index contributed by atoms with van der Waals surface area (Å²) in [4.78, 5) is 24.6. The van der Waals surface area contributed by atoms with E-state index >= 15 is 0 Å². The summed E-state index contributed by atoms with van der Waals surface area (Å²) in [6, 6.07) is 7.08. The fraction of sp³-hybridized carbons (Fsp3) is 0.300. The smallest absolute Gasteiger partial charge is 0.253 e. The van der Waals surface area contributed by atoms with Crippen molar-refractivity contribution < 1.29 is 18.4 Å². The average molecular weight is 427 g/mol. The van der Waals surface area contributed by atoms with Crippen LogP contribution in [0.15, 0.2) is 36.4 Å². The van der Waals surface area contributed by atoms with Crippen molar-refractivity contribution in [3.8, 4) is 0 Å². The van der Waals surface area contributed by atoms with Gasteiger partial charge in [0.05, 0.1) is 21.2 Å². The molecule has 148 valence electrons. The number of hydrogen-bond acceptors (Lipinski definition) is 2. The van der Waals surface area contributed by atoms with Crippen LogP contribution >= 0.6 is 23.2 Å². The molecule has 1 fully saturated rings. The molecular weight excluding hydrogens is 409 g/mol. The monoisotopic (exact) mass is 426 g/mol. The first-order valence-electron chi connectivity index (χ1n) is 8.85. The summed E-state index contributed by atoms with van der Waals surface area (Å²) in [7, 11) is 0. The second kappa shape index (κ2) is 8.88. The van der Waals surface area contributed by atoms with Crippen LogP contribution in [0.1, 0.15) is 46.4 Å². The minimum absolute atomic E-state index is 0.0952. The van der Waals surface area contributed by atoms with E-state index in [-0.39, 0.29) is 33.3 Å². The van der Waals surface area contributed by atoms with E-state index in [2.05, 4.69) is 10.6 Å². The zero-order chi connectivity index (χ0) is 20.3. The highest BCUT2D eigenvalue weighted by Gasteiger charge is 2.25. The number of amides is 2. The van der Waals surface area contributed by atoms with Crippen molar-refractivity contribution in [3.05, 3.63) is 69.2 Å². The lowest BCUT2D eigenvalue weighted by Crippen LogP contribution is -2.44. The molecule has 0 heterocycles. The minimum atomic E-state index is -0.531. The maximum absolute atomic E-state index is 13.3. The Labute approximate surface area is 171 Å². The molecular formula is C20H18Cl2F2N2O2. The standard InChI is InChI=1S/C20H18Cl2F2N2O2/c21-17-7-1-11(23)9-15(17)19(27)25-13-3-5-14(6-4-13)26-20(28)16-10-12(24)2-8-18(16)22/h1-2,7-10,13-14H,3-6H2,(H,25,27)(H,26,28). The van der Waals surface area contributed by atoms with Gasteiger partial charge in [0, 0.05) is 12.1 Å². The normalized spacial score (nSPS) is 19.1. The van der Waals surface area contributed by atoms with Gasteiger partial charge in [0.15, 0.2) is 0 Å². The number of benzene rings is 2. The van der Waals surface area contributed by atoms with Crippen molar-refractivity contribution in [1.29, 1.82) is 0 Å². The van der Waals surface area contributed by atoms with Gasteiger partial charge in [-0.3, -0.25) is 9.59 Å². The van der Waals surface area contributed by atoms with Gasteiger partial charge >= 0.3 is 0 Å². The Bertz CT molecular complexity index is 826. The lowest BCUT2D eigenvalue weighted by Gasteiger charge is -2.30. The van der Waals surface area contributed by atoms with Crippen molar-refractivity contribution in [2.24, 2.45) is 0 Å². The van der Waals surface area contributed by atoms with Crippen LogP contribution in [0.25, 0.3) is 0 Å². The van der Waals surface area contributed by atoms with E-state index in [1.54, 1.807) is 0 Å². The summed E-state index contributed by atoms with van der Waals surface area (Å²) >= 11 is 11.9. The molecule has 1 saturated carbocycles. The number of nitrogens with one attached hydrogen (secondary N) is 2. The Kier molecular flexibility index (Phi) is 6.52. The van der Waals surface area contributed by atoms with Gasteiger partial charge in [0.2, 0.25) is 0 Å². The summed E-state index contributed by atoms with van der Waals surface area (Å²) in [6.45, 7) is 0. The first kappa shape index (κ1) is 20.6. The van der Waals surface area contributed by atoms with Crippen molar-refractivity contribution >= 4 is 35.0 Å². The first-order valence-corrected chi connectivity index (χ1v) is 9.61. The van der Waals surface area contributed by atoms with Gasteiger partial charge in [0.1, 0.15) is 11.6 Å². The molecule has 0 aliphatic heterocycles. The molecule has 0 atom stereocenters. The second-order valence-electron chi connectivity index (χ2n) is 6.74. The molecule has 0 saturated heterocycles.